The van der Waals surface area contributed by atoms with E-state index in [1.54, 1.807) is 7.11 Å². The fourth-order valence-electron chi connectivity index (χ4n) is 2.27. The molecule has 5 nitrogen and oxygen atoms in total. The van der Waals surface area contributed by atoms with Crippen LogP contribution in [-0.2, 0) is 4.74 Å². The maximum Gasteiger partial charge on any atom is 0.137 e. The van der Waals surface area contributed by atoms with E-state index in [0.717, 1.165) is 42.7 Å². The van der Waals surface area contributed by atoms with Crippen LogP contribution >= 0.6 is 0 Å². The molecule has 0 aromatic carbocycles. The Balaban J connectivity index is 2.29. The summed E-state index contributed by atoms with van der Waals surface area (Å²) >= 11 is 0. The molecule has 5 heteroatoms. The predicted molar refractivity (Wildman–Crippen MR) is 77.9 cm³/mol. The Bertz CT molecular complexity index is 432. The van der Waals surface area contributed by atoms with Gasteiger partial charge < -0.3 is 15.0 Å². The summed E-state index contributed by atoms with van der Waals surface area (Å²) in [5.41, 5.74) is 1.13. The van der Waals surface area contributed by atoms with Crippen LogP contribution in [0.15, 0.2) is 0 Å². The lowest BCUT2D eigenvalue weighted by Gasteiger charge is -2.26. The van der Waals surface area contributed by atoms with Crippen LogP contribution in [0.3, 0.4) is 0 Å². The highest BCUT2D eigenvalue weighted by Crippen LogP contribution is 2.33. The second kappa shape index (κ2) is 6.19. The van der Waals surface area contributed by atoms with Crippen molar-refractivity contribution in [3.05, 3.63) is 11.4 Å². The average molecular weight is 264 g/mol. The van der Waals surface area contributed by atoms with E-state index in [-0.39, 0.29) is 0 Å². The number of nitrogens with one attached hydrogen (secondary N) is 1. The van der Waals surface area contributed by atoms with Crippen LogP contribution in [0.2, 0.25) is 0 Å². The van der Waals surface area contributed by atoms with Crippen molar-refractivity contribution in [1.82, 2.24) is 9.97 Å². The van der Waals surface area contributed by atoms with Gasteiger partial charge in [-0.1, -0.05) is 0 Å². The van der Waals surface area contributed by atoms with Gasteiger partial charge in [-0.3, -0.25) is 0 Å². The Morgan fingerprint density at radius 3 is 2.63 bits per heavy atom. The van der Waals surface area contributed by atoms with E-state index in [9.17, 15) is 0 Å². The fraction of sp³-hybridized carbons (Fsp3) is 0.714. The van der Waals surface area contributed by atoms with Crippen molar-refractivity contribution in [1.29, 1.82) is 0 Å². The van der Waals surface area contributed by atoms with Gasteiger partial charge in [0.05, 0.1) is 6.61 Å². The van der Waals surface area contributed by atoms with Gasteiger partial charge in [-0.15, -0.1) is 0 Å². The third kappa shape index (κ3) is 3.35. The van der Waals surface area contributed by atoms with E-state index in [0.29, 0.717) is 6.04 Å². The van der Waals surface area contributed by atoms with E-state index in [1.165, 1.54) is 12.8 Å². The first-order valence-electron chi connectivity index (χ1n) is 7.02. The third-order valence-electron chi connectivity index (χ3n) is 3.37. The third-order valence-corrected chi connectivity index (χ3v) is 3.37. The van der Waals surface area contributed by atoms with Gasteiger partial charge in [0.2, 0.25) is 0 Å². The first kappa shape index (κ1) is 14.1. The lowest BCUT2D eigenvalue weighted by atomic mass is 10.2. The summed E-state index contributed by atoms with van der Waals surface area (Å²) in [6.45, 7) is 8.62. The van der Waals surface area contributed by atoms with Crippen LogP contribution < -0.4 is 10.2 Å². The molecule has 0 saturated heterocycles. The molecule has 1 aliphatic carbocycles. The Hall–Kier alpha value is -1.36. The number of ether oxygens (including phenoxy) is 1. The number of hydrogen-bond acceptors (Lipinski definition) is 5. The van der Waals surface area contributed by atoms with Gasteiger partial charge in [0, 0.05) is 31.8 Å². The molecule has 1 heterocycles. The minimum Gasteiger partial charge on any atom is -0.383 e. The largest absolute Gasteiger partial charge is 0.383 e. The molecule has 0 radical (unpaired) electrons. The van der Waals surface area contributed by atoms with Crippen LogP contribution in [0.5, 0.6) is 0 Å². The maximum absolute atomic E-state index is 5.22. The van der Waals surface area contributed by atoms with E-state index in [4.69, 9.17) is 4.74 Å². The zero-order valence-electron chi connectivity index (χ0n) is 12.4. The summed E-state index contributed by atoms with van der Waals surface area (Å²) in [5.74, 6) is 2.83. The summed E-state index contributed by atoms with van der Waals surface area (Å²) in [5, 5.41) is 3.32. The molecule has 1 aromatic heterocycles. The Morgan fingerprint density at radius 1 is 1.32 bits per heavy atom. The number of methoxy groups -OCH3 is 1. The predicted octanol–water partition coefficient (Wildman–Crippen LogP) is 2.14. The topological polar surface area (TPSA) is 50.3 Å². The average Bonchev–Trinajstić information content (AvgIpc) is 3.20. The molecule has 19 heavy (non-hydrogen) atoms. The van der Waals surface area contributed by atoms with Crippen molar-refractivity contribution in [3.63, 3.8) is 0 Å². The number of aromatic nitrogens is 2. The smallest absolute Gasteiger partial charge is 0.137 e. The number of hydrogen-bond donors (Lipinski definition) is 1. The quantitative estimate of drug-likeness (QED) is 0.817. The van der Waals surface area contributed by atoms with E-state index < -0.39 is 0 Å². The molecule has 1 saturated carbocycles. The summed E-state index contributed by atoms with van der Waals surface area (Å²) in [7, 11) is 1.74. The maximum atomic E-state index is 5.22. The molecule has 0 bridgehead atoms. The highest BCUT2D eigenvalue weighted by molar-refractivity contribution is 5.59. The highest BCUT2D eigenvalue weighted by atomic mass is 16.5. The standard InChI is InChI=1S/C14H24N4O/c1-5-15-13-10(2)14(17-11(3)16-13)18(8-9-19-4)12-6-7-12/h12H,5-9H2,1-4H3,(H,15,16,17). The molecule has 0 unspecified atom stereocenters. The van der Waals surface area contributed by atoms with Crippen molar-refractivity contribution in [2.24, 2.45) is 0 Å². The van der Waals surface area contributed by atoms with Crippen molar-refractivity contribution >= 4 is 11.6 Å². The zero-order valence-corrected chi connectivity index (χ0v) is 12.4. The van der Waals surface area contributed by atoms with E-state index >= 15 is 0 Å². The van der Waals surface area contributed by atoms with Gasteiger partial charge in [0.15, 0.2) is 0 Å². The molecular weight excluding hydrogens is 240 g/mol. The van der Waals surface area contributed by atoms with Gasteiger partial charge in [-0.2, -0.15) is 0 Å². The monoisotopic (exact) mass is 264 g/mol. The van der Waals surface area contributed by atoms with Crippen LogP contribution in [-0.4, -0.2) is 42.8 Å². The number of rotatable bonds is 7. The van der Waals surface area contributed by atoms with Crippen LogP contribution in [0.25, 0.3) is 0 Å². The lowest BCUT2D eigenvalue weighted by Crippen LogP contribution is -2.31. The second-order valence-electron chi connectivity index (χ2n) is 5.02. The molecule has 1 fully saturated rings. The zero-order chi connectivity index (χ0) is 13.8. The minimum absolute atomic E-state index is 0.623. The van der Waals surface area contributed by atoms with Crippen molar-refractivity contribution in [2.75, 3.05) is 37.0 Å². The molecule has 106 valence electrons. The summed E-state index contributed by atoms with van der Waals surface area (Å²) < 4.78 is 5.22. The number of aryl methyl sites for hydroxylation is 1. The van der Waals surface area contributed by atoms with E-state index in [2.05, 4.69) is 34.0 Å². The van der Waals surface area contributed by atoms with Crippen LogP contribution in [0.4, 0.5) is 11.6 Å². The van der Waals surface area contributed by atoms with Gasteiger partial charge >= 0.3 is 0 Å². The number of anilines is 2. The molecular formula is C14H24N4O. The Morgan fingerprint density at radius 2 is 2.05 bits per heavy atom. The summed E-state index contributed by atoms with van der Waals surface area (Å²) in [4.78, 5) is 11.5. The normalized spacial score (nSPS) is 14.5. The molecule has 0 amide bonds. The van der Waals surface area contributed by atoms with Gasteiger partial charge in [0.1, 0.15) is 17.5 Å². The van der Waals surface area contributed by atoms with Gasteiger partial charge in [-0.25, -0.2) is 9.97 Å². The summed E-state index contributed by atoms with van der Waals surface area (Å²) in [6, 6.07) is 0.623. The second-order valence-corrected chi connectivity index (χ2v) is 5.02. The van der Waals surface area contributed by atoms with Crippen molar-refractivity contribution in [2.45, 2.75) is 39.7 Å². The molecule has 0 atom stereocenters. The van der Waals surface area contributed by atoms with Crippen molar-refractivity contribution in [3.8, 4) is 0 Å². The van der Waals surface area contributed by atoms with Gasteiger partial charge in [-0.05, 0) is 33.6 Å². The molecule has 1 aromatic rings. The lowest BCUT2D eigenvalue weighted by molar-refractivity contribution is 0.204. The number of nitrogens with zero attached hydrogens (tertiary/aromatic N) is 3. The van der Waals surface area contributed by atoms with Crippen LogP contribution in [0.1, 0.15) is 31.2 Å². The Kier molecular flexibility index (Phi) is 4.58. The molecule has 0 spiro atoms. The highest BCUT2D eigenvalue weighted by Gasteiger charge is 2.31. The van der Waals surface area contributed by atoms with Gasteiger partial charge in [0.25, 0.3) is 0 Å². The SMILES string of the molecule is CCNc1nc(C)nc(N(CCOC)C2CC2)c1C. The Labute approximate surface area is 115 Å². The minimum atomic E-state index is 0.623. The molecule has 0 aliphatic heterocycles. The first-order chi connectivity index (χ1) is 9.17. The first-order valence-corrected chi connectivity index (χ1v) is 7.02. The molecule has 1 aliphatic rings. The fourth-order valence-corrected chi connectivity index (χ4v) is 2.27. The molecule has 1 N–H and O–H groups in total. The van der Waals surface area contributed by atoms with E-state index in [1.807, 2.05) is 6.92 Å². The molecule has 2 rings (SSSR count). The van der Waals surface area contributed by atoms with Crippen molar-refractivity contribution < 1.29 is 4.74 Å². The van der Waals surface area contributed by atoms with Crippen LogP contribution in [0, 0.1) is 13.8 Å². The summed E-state index contributed by atoms with van der Waals surface area (Å²) in [6.07, 6.45) is 2.51.